The molecule has 3 nitrogen and oxygen atoms in total. The van der Waals surface area contributed by atoms with E-state index in [0.717, 1.165) is 5.56 Å². The molecule has 128 valence electrons. The Morgan fingerprint density at radius 2 is 1.31 bits per heavy atom. The van der Waals surface area contributed by atoms with E-state index >= 15 is 0 Å². The minimum atomic E-state index is -0.678. The number of ketones is 2. The third kappa shape index (κ3) is 3.04. The Balaban J connectivity index is 1.66. The third-order valence-electron chi connectivity index (χ3n) is 4.76. The normalized spacial score (nSPS) is 18.0. The summed E-state index contributed by atoms with van der Waals surface area (Å²) in [6.45, 7) is 0. The topological polar surface area (TPSA) is 43.4 Å². The molecule has 0 saturated carbocycles. The average molecular weight is 342 g/mol. The van der Waals surface area contributed by atoms with Gasteiger partial charge >= 0.3 is 0 Å². The van der Waals surface area contributed by atoms with Gasteiger partial charge in [-0.15, -0.1) is 0 Å². The molecule has 1 aliphatic heterocycles. The highest BCUT2D eigenvalue weighted by atomic mass is 16.5. The quantitative estimate of drug-likeness (QED) is 0.632. The van der Waals surface area contributed by atoms with Crippen LogP contribution in [0.2, 0.25) is 0 Å². The Kier molecular flexibility index (Phi) is 4.36. The molecule has 0 N–H and O–H groups in total. The number of carbonyl (C=O) groups is 2. The van der Waals surface area contributed by atoms with E-state index in [1.54, 1.807) is 24.3 Å². The van der Waals surface area contributed by atoms with E-state index in [1.807, 2.05) is 60.7 Å². The van der Waals surface area contributed by atoms with Gasteiger partial charge in [0, 0.05) is 29.0 Å². The van der Waals surface area contributed by atoms with Crippen molar-refractivity contribution in [1.29, 1.82) is 0 Å². The number of carbonyl (C=O) groups excluding carboxylic acids is 2. The molecule has 0 unspecified atom stereocenters. The van der Waals surface area contributed by atoms with Gasteiger partial charge in [-0.25, -0.2) is 0 Å². The number of hydrogen-bond acceptors (Lipinski definition) is 3. The zero-order valence-electron chi connectivity index (χ0n) is 14.2. The minimum Gasteiger partial charge on any atom is -0.481 e. The highest BCUT2D eigenvalue weighted by Gasteiger charge is 2.40. The number of rotatable bonds is 5. The molecular weight excluding hydrogens is 324 g/mol. The van der Waals surface area contributed by atoms with Gasteiger partial charge in [-0.1, -0.05) is 78.9 Å². The van der Waals surface area contributed by atoms with Crippen LogP contribution in [0.3, 0.4) is 0 Å². The molecule has 2 atom stereocenters. The summed E-state index contributed by atoms with van der Waals surface area (Å²) in [4.78, 5) is 25.8. The second-order valence-corrected chi connectivity index (χ2v) is 6.41. The van der Waals surface area contributed by atoms with Gasteiger partial charge in [-0.3, -0.25) is 9.59 Å². The summed E-state index contributed by atoms with van der Waals surface area (Å²) in [5, 5.41) is 0. The minimum absolute atomic E-state index is 0.0155. The van der Waals surface area contributed by atoms with Crippen molar-refractivity contribution in [3.63, 3.8) is 0 Å². The van der Waals surface area contributed by atoms with Crippen LogP contribution in [-0.4, -0.2) is 17.7 Å². The zero-order chi connectivity index (χ0) is 17.9. The molecule has 0 fully saturated rings. The van der Waals surface area contributed by atoms with Crippen molar-refractivity contribution in [2.45, 2.75) is 18.4 Å². The molecule has 0 spiro atoms. The maximum absolute atomic E-state index is 13.0. The number of ether oxygens (including phenoxy) is 1. The predicted octanol–water partition coefficient (Wildman–Crippen LogP) is 4.69. The maximum atomic E-state index is 13.0. The second-order valence-electron chi connectivity index (χ2n) is 6.41. The lowest BCUT2D eigenvalue weighted by Gasteiger charge is -2.18. The Bertz CT molecular complexity index is 932. The average Bonchev–Trinajstić information content (AvgIpc) is 3.07. The SMILES string of the molecule is O=C(C[C@@H]1c2ccccc2O[C@H]1C(=O)c1ccccc1)c1ccccc1. The van der Waals surface area contributed by atoms with Crippen LogP contribution in [0.5, 0.6) is 5.75 Å². The van der Waals surface area contributed by atoms with Crippen LogP contribution in [0.15, 0.2) is 84.9 Å². The van der Waals surface area contributed by atoms with Gasteiger partial charge in [0.15, 0.2) is 11.9 Å². The molecule has 26 heavy (non-hydrogen) atoms. The van der Waals surface area contributed by atoms with Crippen molar-refractivity contribution in [3.8, 4) is 5.75 Å². The molecular formula is C23H18O3. The van der Waals surface area contributed by atoms with E-state index in [2.05, 4.69) is 0 Å². The molecule has 0 aromatic heterocycles. The summed E-state index contributed by atoms with van der Waals surface area (Å²) in [7, 11) is 0. The molecule has 3 heteroatoms. The molecule has 3 aromatic rings. The highest BCUT2D eigenvalue weighted by Crippen LogP contribution is 2.41. The Morgan fingerprint density at radius 3 is 2.00 bits per heavy atom. The molecule has 0 aliphatic carbocycles. The number of benzene rings is 3. The van der Waals surface area contributed by atoms with Crippen molar-refractivity contribution >= 4 is 11.6 Å². The van der Waals surface area contributed by atoms with E-state index in [-0.39, 0.29) is 23.9 Å². The fraction of sp³-hybridized carbons (Fsp3) is 0.130. The van der Waals surface area contributed by atoms with Crippen molar-refractivity contribution in [1.82, 2.24) is 0 Å². The first kappa shape index (κ1) is 16.3. The smallest absolute Gasteiger partial charge is 0.203 e. The molecule has 0 amide bonds. The van der Waals surface area contributed by atoms with Gasteiger partial charge < -0.3 is 4.74 Å². The van der Waals surface area contributed by atoms with Gasteiger partial charge in [0.1, 0.15) is 5.75 Å². The Labute approximate surface area is 152 Å². The van der Waals surface area contributed by atoms with Crippen molar-refractivity contribution in [2.75, 3.05) is 0 Å². The maximum Gasteiger partial charge on any atom is 0.203 e. The second kappa shape index (κ2) is 6.96. The summed E-state index contributed by atoms with van der Waals surface area (Å²) in [5.41, 5.74) is 2.18. The van der Waals surface area contributed by atoms with Gasteiger partial charge in [0.2, 0.25) is 5.78 Å². The van der Waals surface area contributed by atoms with E-state index in [1.165, 1.54) is 0 Å². The van der Waals surface area contributed by atoms with Crippen LogP contribution in [0, 0.1) is 0 Å². The van der Waals surface area contributed by atoms with Crippen LogP contribution in [0.4, 0.5) is 0 Å². The molecule has 0 radical (unpaired) electrons. The Morgan fingerprint density at radius 1 is 0.731 bits per heavy atom. The number of fused-ring (bicyclic) bond motifs is 1. The molecule has 1 heterocycles. The van der Waals surface area contributed by atoms with Crippen LogP contribution < -0.4 is 4.74 Å². The van der Waals surface area contributed by atoms with Crippen LogP contribution in [0.25, 0.3) is 0 Å². The van der Waals surface area contributed by atoms with Crippen molar-refractivity contribution in [3.05, 3.63) is 102 Å². The van der Waals surface area contributed by atoms with E-state index < -0.39 is 6.10 Å². The Hall–Kier alpha value is -3.20. The summed E-state index contributed by atoms with van der Waals surface area (Å²) in [5.74, 6) is 0.327. The molecule has 3 aromatic carbocycles. The van der Waals surface area contributed by atoms with E-state index in [4.69, 9.17) is 4.74 Å². The summed E-state index contributed by atoms with van der Waals surface area (Å²) < 4.78 is 5.97. The van der Waals surface area contributed by atoms with Gasteiger partial charge in [0.05, 0.1) is 0 Å². The standard InChI is InChI=1S/C23H18O3/c24-20(16-9-3-1-4-10-16)15-19-18-13-7-8-14-21(18)26-23(19)22(25)17-11-5-2-6-12-17/h1-14,19,23H,15H2/t19-,23-/m1/s1. The number of hydrogen-bond donors (Lipinski definition) is 0. The van der Waals surface area contributed by atoms with Gasteiger partial charge in [-0.05, 0) is 6.07 Å². The largest absolute Gasteiger partial charge is 0.481 e. The third-order valence-corrected chi connectivity index (χ3v) is 4.76. The lowest BCUT2D eigenvalue weighted by molar-refractivity contribution is 0.0773. The lowest BCUT2D eigenvalue weighted by atomic mass is 9.85. The first-order chi connectivity index (χ1) is 12.7. The van der Waals surface area contributed by atoms with Crippen molar-refractivity contribution in [2.24, 2.45) is 0 Å². The fourth-order valence-corrected chi connectivity index (χ4v) is 3.44. The lowest BCUT2D eigenvalue weighted by Crippen LogP contribution is -2.30. The number of para-hydroxylation sites is 1. The predicted molar refractivity (Wildman–Crippen MR) is 99.8 cm³/mol. The summed E-state index contributed by atoms with van der Waals surface area (Å²) in [6, 6.07) is 25.9. The van der Waals surface area contributed by atoms with Crippen LogP contribution in [0.1, 0.15) is 38.6 Å². The molecule has 0 saturated heterocycles. The summed E-state index contributed by atoms with van der Waals surface area (Å²) in [6.07, 6.45) is -0.438. The molecule has 1 aliphatic rings. The van der Waals surface area contributed by atoms with E-state index in [0.29, 0.717) is 16.9 Å². The first-order valence-corrected chi connectivity index (χ1v) is 8.67. The first-order valence-electron chi connectivity index (χ1n) is 8.67. The van der Waals surface area contributed by atoms with Gasteiger partial charge in [0.25, 0.3) is 0 Å². The van der Waals surface area contributed by atoms with Crippen LogP contribution in [-0.2, 0) is 0 Å². The van der Waals surface area contributed by atoms with Crippen LogP contribution >= 0.6 is 0 Å². The fourth-order valence-electron chi connectivity index (χ4n) is 3.44. The monoisotopic (exact) mass is 342 g/mol. The summed E-state index contributed by atoms with van der Waals surface area (Å²) >= 11 is 0. The highest BCUT2D eigenvalue weighted by molar-refractivity contribution is 6.02. The zero-order valence-corrected chi connectivity index (χ0v) is 14.2. The number of Topliss-reactive ketones (excluding diaryl/α,β-unsaturated/α-hetero) is 2. The van der Waals surface area contributed by atoms with E-state index in [9.17, 15) is 9.59 Å². The molecule has 4 rings (SSSR count). The van der Waals surface area contributed by atoms with Crippen molar-refractivity contribution < 1.29 is 14.3 Å². The molecule has 0 bridgehead atoms. The van der Waals surface area contributed by atoms with Gasteiger partial charge in [-0.2, -0.15) is 0 Å².